The molecule has 1 fully saturated rings. The van der Waals surface area contributed by atoms with Crippen LogP contribution in [0.15, 0.2) is 54.6 Å². The molecule has 3 rings (SSSR count). The predicted octanol–water partition coefficient (Wildman–Crippen LogP) is 4.28. The van der Waals surface area contributed by atoms with Crippen LogP contribution in [-0.2, 0) is 16.0 Å². The fraction of sp³-hybridized carbons (Fsp3) is 0.417. The van der Waals surface area contributed by atoms with Gasteiger partial charge in [0.1, 0.15) is 5.75 Å². The molecular formula is C24H30N2O3. The highest BCUT2D eigenvalue weighted by molar-refractivity contribution is 5.94. The van der Waals surface area contributed by atoms with Gasteiger partial charge in [0.05, 0.1) is 11.8 Å². The number of aryl methyl sites for hydroxylation is 1. The maximum atomic E-state index is 12.7. The van der Waals surface area contributed by atoms with Gasteiger partial charge < -0.3 is 15.0 Å². The molecule has 1 N–H and O–H groups in total. The standard InChI is InChI=1S/C24H30N2O3/c1-18(2)29-22-11-7-6-10-21(22)25-24(28)20-14-16-26(17-15-20)23(27)13-12-19-8-4-3-5-9-19/h3-11,18,20H,12-17H2,1-2H3,(H,25,28). The molecule has 0 aliphatic carbocycles. The number of rotatable bonds is 7. The Labute approximate surface area is 173 Å². The average Bonchev–Trinajstić information content (AvgIpc) is 2.74. The summed E-state index contributed by atoms with van der Waals surface area (Å²) in [5.41, 5.74) is 1.88. The molecule has 1 aliphatic rings. The van der Waals surface area contributed by atoms with Crippen LogP contribution in [0.4, 0.5) is 5.69 Å². The van der Waals surface area contributed by atoms with Crippen LogP contribution >= 0.6 is 0 Å². The van der Waals surface area contributed by atoms with Gasteiger partial charge >= 0.3 is 0 Å². The number of hydrogen-bond acceptors (Lipinski definition) is 3. The maximum Gasteiger partial charge on any atom is 0.227 e. The van der Waals surface area contributed by atoms with E-state index in [1.54, 1.807) is 0 Å². The third-order valence-electron chi connectivity index (χ3n) is 5.20. The lowest BCUT2D eigenvalue weighted by molar-refractivity contribution is -0.134. The van der Waals surface area contributed by atoms with E-state index >= 15 is 0 Å². The number of nitrogens with zero attached hydrogens (tertiary/aromatic N) is 1. The van der Waals surface area contributed by atoms with E-state index in [1.165, 1.54) is 5.56 Å². The van der Waals surface area contributed by atoms with Gasteiger partial charge in [-0.3, -0.25) is 9.59 Å². The number of carbonyl (C=O) groups excluding carboxylic acids is 2. The molecule has 0 radical (unpaired) electrons. The fourth-order valence-corrected chi connectivity index (χ4v) is 3.61. The molecule has 0 spiro atoms. The minimum atomic E-state index is -0.0831. The largest absolute Gasteiger partial charge is 0.489 e. The SMILES string of the molecule is CC(C)Oc1ccccc1NC(=O)C1CCN(C(=O)CCc2ccccc2)CC1. The number of piperidine rings is 1. The first-order valence-corrected chi connectivity index (χ1v) is 10.4. The maximum absolute atomic E-state index is 12.7. The number of benzene rings is 2. The second kappa shape index (κ2) is 10.1. The Hall–Kier alpha value is -2.82. The number of nitrogens with one attached hydrogen (secondary N) is 1. The Balaban J connectivity index is 1.48. The minimum Gasteiger partial charge on any atom is -0.489 e. The third kappa shape index (κ3) is 6.08. The monoisotopic (exact) mass is 394 g/mol. The summed E-state index contributed by atoms with van der Waals surface area (Å²) in [4.78, 5) is 27.1. The molecule has 2 aromatic carbocycles. The molecule has 5 heteroatoms. The highest BCUT2D eigenvalue weighted by Crippen LogP contribution is 2.27. The van der Waals surface area contributed by atoms with E-state index in [2.05, 4.69) is 5.32 Å². The molecule has 5 nitrogen and oxygen atoms in total. The predicted molar refractivity (Wildman–Crippen MR) is 115 cm³/mol. The molecule has 0 atom stereocenters. The van der Waals surface area contributed by atoms with E-state index in [0.717, 1.165) is 6.42 Å². The van der Waals surface area contributed by atoms with Gasteiger partial charge in [0.15, 0.2) is 0 Å². The van der Waals surface area contributed by atoms with Crippen molar-refractivity contribution >= 4 is 17.5 Å². The van der Waals surface area contributed by atoms with Crippen molar-refractivity contribution in [2.45, 2.75) is 45.6 Å². The first kappa shape index (κ1) is 20.9. The van der Waals surface area contributed by atoms with Crippen LogP contribution in [0.2, 0.25) is 0 Å². The van der Waals surface area contributed by atoms with Gasteiger partial charge in [-0.2, -0.15) is 0 Å². The Morgan fingerprint density at radius 1 is 1.03 bits per heavy atom. The lowest BCUT2D eigenvalue weighted by atomic mass is 9.95. The zero-order valence-electron chi connectivity index (χ0n) is 17.3. The molecule has 2 amide bonds. The van der Waals surface area contributed by atoms with E-state index < -0.39 is 0 Å². The number of ether oxygens (including phenoxy) is 1. The van der Waals surface area contributed by atoms with E-state index in [-0.39, 0.29) is 23.8 Å². The van der Waals surface area contributed by atoms with Crippen molar-refractivity contribution in [2.75, 3.05) is 18.4 Å². The molecule has 29 heavy (non-hydrogen) atoms. The number of para-hydroxylation sites is 2. The van der Waals surface area contributed by atoms with Gasteiger partial charge in [0.25, 0.3) is 0 Å². The summed E-state index contributed by atoms with van der Waals surface area (Å²) in [5.74, 6) is 0.772. The summed E-state index contributed by atoms with van der Waals surface area (Å²) in [5, 5.41) is 3.01. The molecule has 0 saturated carbocycles. The number of likely N-dealkylation sites (tertiary alicyclic amines) is 1. The topological polar surface area (TPSA) is 58.6 Å². The molecule has 0 aromatic heterocycles. The first-order chi connectivity index (χ1) is 14.0. The molecule has 0 bridgehead atoms. The lowest BCUT2D eigenvalue weighted by Crippen LogP contribution is -2.41. The molecule has 1 saturated heterocycles. The van der Waals surface area contributed by atoms with E-state index in [0.29, 0.717) is 43.8 Å². The molecule has 0 unspecified atom stereocenters. The van der Waals surface area contributed by atoms with Crippen molar-refractivity contribution < 1.29 is 14.3 Å². The number of amides is 2. The van der Waals surface area contributed by atoms with Gasteiger partial charge in [-0.05, 0) is 50.8 Å². The minimum absolute atomic E-state index is 0.00110. The molecular weight excluding hydrogens is 364 g/mol. The number of carbonyl (C=O) groups is 2. The Kier molecular flexibility index (Phi) is 7.28. The second-order valence-electron chi connectivity index (χ2n) is 7.79. The van der Waals surface area contributed by atoms with Crippen molar-refractivity contribution in [1.29, 1.82) is 0 Å². The normalized spacial score (nSPS) is 14.7. The summed E-state index contributed by atoms with van der Waals surface area (Å²) in [6.07, 6.45) is 2.69. The van der Waals surface area contributed by atoms with Gasteiger partial charge in [-0.25, -0.2) is 0 Å². The second-order valence-corrected chi connectivity index (χ2v) is 7.79. The summed E-state index contributed by atoms with van der Waals surface area (Å²) in [6, 6.07) is 17.6. The highest BCUT2D eigenvalue weighted by Gasteiger charge is 2.27. The number of hydrogen-bond donors (Lipinski definition) is 1. The Morgan fingerprint density at radius 3 is 2.38 bits per heavy atom. The van der Waals surface area contributed by atoms with Crippen LogP contribution < -0.4 is 10.1 Å². The van der Waals surface area contributed by atoms with Gasteiger partial charge in [0.2, 0.25) is 11.8 Å². The average molecular weight is 395 g/mol. The zero-order valence-corrected chi connectivity index (χ0v) is 17.3. The van der Waals surface area contributed by atoms with Crippen molar-refractivity contribution in [1.82, 2.24) is 4.90 Å². The summed E-state index contributed by atoms with van der Waals surface area (Å²) < 4.78 is 5.78. The summed E-state index contributed by atoms with van der Waals surface area (Å²) in [6.45, 7) is 5.19. The Morgan fingerprint density at radius 2 is 1.69 bits per heavy atom. The first-order valence-electron chi connectivity index (χ1n) is 10.4. The van der Waals surface area contributed by atoms with Crippen molar-refractivity contribution in [2.24, 2.45) is 5.92 Å². The van der Waals surface area contributed by atoms with Gasteiger partial charge in [0, 0.05) is 25.4 Å². The molecule has 154 valence electrons. The van der Waals surface area contributed by atoms with Crippen LogP contribution in [0.25, 0.3) is 0 Å². The highest BCUT2D eigenvalue weighted by atomic mass is 16.5. The summed E-state index contributed by atoms with van der Waals surface area (Å²) in [7, 11) is 0. The fourth-order valence-electron chi connectivity index (χ4n) is 3.61. The Bertz CT molecular complexity index is 812. The zero-order chi connectivity index (χ0) is 20.6. The molecule has 2 aromatic rings. The van der Waals surface area contributed by atoms with Crippen molar-refractivity contribution in [3.05, 3.63) is 60.2 Å². The molecule has 1 heterocycles. The van der Waals surface area contributed by atoms with Gasteiger partial charge in [-0.15, -0.1) is 0 Å². The van der Waals surface area contributed by atoms with Crippen molar-refractivity contribution in [3.63, 3.8) is 0 Å². The van der Waals surface area contributed by atoms with Crippen LogP contribution in [0.3, 0.4) is 0 Å². The number of anilines is 1. The van der Waals surface area contributed by atoms with E-state index in [4.69, 9.17) is 4.74 Å². The van der Waals surface area contributed by atoms with E-state index in [9.17, 15) is 9.59 Å². The third-order valence-corrected chi connectivity index (χ3v) is 5.20. The van der Waals surface area contributed by atoms with Crippen LogP contribution in [0, 0.1) is 5.92 Å². The van der Waals surface area contributed by atoms with Crippen molar-refractivity contribution in [3.8, 4) is 5.75 Å². The summed E-state index contributed by atoms with van der Waals surface area (Å²) >= 11 is 0. The van der Waals surface area contributed by atoms with Crippen LogP contribution in [0.5, 0.6) is 5.75 Å². The quantitative estimate of drug-likeness (QED) is 0.762. The molecule has 1 aliphatic heterocycles. The smallest absolute Gasteiger partial charge is 0.227 e. The van der Waals surface area contributed by atoms with Crippen LogP contribution in [-0.4, -0.2) is 35.9 Å². The lowest BCUT2D eigenvalue weighted by Gasteiger charge is -2.31. The van der Waals surface area contributed by atoms with Gasteiger partial charge in [-0.1, -0.05) is 42.5 Å². The van der Waals surface area contributed by atoms with E-state index in [1.807, 2.05) is 73.3 Å². The van der Waals surface area contributed by atoms with Crippen LogP contribution in [0.1, 0.15) is 38.7 Å².